The number of aromatic hydroxyl groups is 12. The average Bonchev–Trinajstić information content (AvgIpc) is 3.20. The number of nitrogens with one attached hydrogen (secondary N) is 2. The van der Waals surface area contributed by atoms with Crippen molar-refractivity contribution in [3.8, 4) is 103 Å². The third-order valence-electron chi connectivity index (χ3n) is 8.19. The van der Waals surface area contributed by atoms with Crippen LogP contribution in [0.25, 0.3) is 0 Å². The van der Waals surface area contributed by atoms with Gasteiger partial charge in [0.1, 0.15) is 0 Å². The van der Waals surface area contributed by atoms with Crippen molar-refractivity contribution in [2.24, 2.45) is 4.52 Å². The number of phenolic OH excluding ortho intramolecular Hbond substituents is 12. The van der Waals surface area contributed by atoms with Crippen LogP contribution in [0.5, 0.6) is 103 Å². The Morgan fingerprint density at radius 2 is 0.583 bits per heavy atom. The zero-order valence-corrected chi connectivity index (χ0v) is 32.7. The molecule has 60 heavy (non-hydrogen) atoms. The van der Waals surface area contributed by atoms with Gasteiger partial charge in [0.15, 0.2) is 0 Å². The van der Waals surface area contributed by atoms with E-state index < -0.39 is 127 Å². The van der Waals surface area contributed by atoms with E-state index in [-0.39, 0.29) is 0 Å². The van der Waals surface area contributed by atoms with Gasteiger partial charge in [-0.3, -0.25) is 0 Å². The van der Waals surface area contributed by atoms with E-state index in [9.17, 15) is 61.3 Å². The minimum atomic E-state index is -6.69. The molecule has 0 unspecified atom stereocenters. The normalized spacial score (nSPS) is 17.3. The molecule has 0 fully saturated rings. The molecule has 314 valence electrons. The number of hydrogen-bond acceptors (Lipinski definition) is 21. The van der Waals surface area contributed by atoms with Gasteiger partial charge in [-0.15, -0.1) is 0 Å². The molecule has 1 heterocycles. The van der Waals surface area contributed by atoms with Gasteiger partial charge in [-0.25, -0.2) is 0 Å². The maximum atomic E-state index is 11.2. The third-order valence-corrected chi connectivity index (χ3v) is 17.4. The van der Waals surface area contributed by atoms with E-state index in [1.165, 1.54) is 36.4 Å². The summed E-state index contributed by atoms with van der Waals surface area (Å²) in [5.74, 6) is -15.2. The molecule has 0 amide bonds. The summed E-state index contributed by atoms with van der Waals surface area (Å²) in [5.41, 5.74) is 0. The van der Waals surface area contributed by atoms with Crippen molar-refractivity contribution >= 4 is 23.7 Å². The molecule has 0 bridgehead atoms. The van der Waals surface area contributed by atoms with E-state index in [4.69, 9.17) is 27.1 Å². The van der Waals surface area contributed by atoms with Gasteiger partial charge in [0.2, 0.25) is 0 Å². The van der Waals surface area contributed by atoms with E-state index in [0.717, 1.165) is 72.8 Å². The number of para-hydroxylation sites is 6. The summed E-state index contributed by atoms with van der Waals surface area (Å²) in [6.45, 7) is 0. The Bertz CT molecular complexity index is 2420. The molecule has 0 radical (unpaired) electrons. The number of phenols is 12. The molecular weight excluding hydrogens is 855 g/mol. The second-order valence-electron chi connectivity index (χ2n) is 12.4. The number of nitrogens with zero attached hydrogens (tertiary/aromatic N) is 1. The van der Waals surface area contributed by atoms with Gasteiger partial charge in [-0.1, -0.05) is 0 Å². The first-order chi connectivity index (χ1) is 28.4. The van der Waals surface area contributed by atoms with Gasteiger partial charge in [-0.05, 0) is 0 Å². The molecule has 0 atom stereocenters. The summed E-state index contributed by atoms with van der Waals surface area (Å²) in [4.78, 5) is 5.35. The molecule has 21 nitrogen and oxygen atoms in total. The van der Waals surface area contributed by atoms with Crippen LogP contribution >= 0.6 is 23.7 Å². The summed E-state index contributed by atoms with van der Waals surface area (Å²) in [5, 5.41) is 131. The van der Waals surface area contributed by atoms with Crippen molar-refractivity contribution in [1.29, 1.82) is 0 Å². The Kier molecular flexibility index (Phi) is 10.0. The molecule has 0 saturated carbocycles. The van der Waals surface area contributed by atoms with Crippen LogP contribution < -0.4 is 36.9 Å². The Morgan fingerprint density at radius 3 is 0.833 bits per heavy atom. The monoisotopic (exact) mass is 887 g/mol. The Morgan fingerprint density at radius 1 is 0.350 bits per heavy atom. The number of hydrogen-bond donors (Lipinski definition) is 14. The van der Waals surface area contributed by atoms with E-state index in [2.05, 4.69) is 14.2 Å². The minimum absolute atomic E-state index is 0.635. The maximum absolute atomic E-state index is 11.2. The predicted molar refractivity (Wildman–Crippen MR) is 212 cm³/mol. The summed E-state index contributed by atoms with van der Waals surface area (Å²) >= 11 is 0. The average molecular weight is 888 g/mol. The van der Waals surface area contributed by atoms with Crippen LogP contribution in [0.2, 0.25) is 0 Å². The van der Waals surface area contributed by atoms with Gasteiger partial charge in [-0.2, -0.15) is 0 Å². The van der Waals surface area contributed by atoms with Crippen LogP contribution in [0.4, 0.5) is 0 Å². The zero-order chi connectivity index (χ0) is 43.1. The molecule has 7 rings (SSSR count). The van der Waals surface area contributed by atoms with Gasteiger partial charge in [0, 0.05) is 0 Å². The molecule has 6 aromatic carbocycles. The molecule has 24 heteroatoms. The first-order valence-electron chi connectivity index (χ1n) is 16.8. The third kappa shape index (κ3) is 7.30. The fraction of sp³-hybridized carbons (Fsp3) is 0. The molecule has 14 N–H and O–H groups in total. The first kappa shape index (κ1) is 40.8. The zero-order valence-electron chi connectivity index (χ0n) is 30.0. The van der Waals surface area contributed by atoms with Crippen molar-refractivity contribution in [3.63, 3.8) is 0 Å². The van der Waals surface area contributed by atoms with E-state index in [1.54, 1.807) is 0 Å². The molecule has 0 saturated heterocycles. The standard InChI is InChI=1S/C36H32N3O18P3/c40-19-7-1-13-25(31(19)46)52-59(53-26-14-2-8-20(41)32(26)47,54-27-15-3-9-21(42)33(27)48)37-58-38-60(39-59,55-28-16-4-10-22(43)34(28)49,56-29-17-5-11-23(44)35(29)50)57-30-18-6-12-24(45)36(30)51/h1-18,39-51H,(H,37,38). The van der Waals surface area contributed by atoms with Gasteiger partial charge in [0.25, 0.3) is 0 Å². The van der Waals surface area contributed by atoms with E-state index in [1.807, 2.05) is 0 Å². The van der Waals surface area contributed by atoms with Crippen molar-refractivity contribution in [2.75, 3.05) is 0 Å². The second-order valence-corrected chi connectivity index (χ2v) is 19.5. The fourth-order valence-corrected chi connectivity index (χ4v) is 15.7. The second kappa shape index (κ2) is 14.8. The SMILES string of the molecule is Oc1cccc(OP2(Oc3cccc(O)c3O)(Oc3cccc(O)c3O)N=PNP(Oc3cccc(O)c3O)(Oc3cccc(O)c3O)(Oc3cccc(O)c3O)N2)c1O. The topological polar surface area (TPSA) is 335 Å². The molecule has 0 aromatic heterocycles. The Hall–Kier alpha value is -7.40. The first-order valence-corrected chi connectivity index (χ1v) is 21.5. The van der Waals surface area contributed by atoms with E-state index >= 15 is 0 Å². The number of benzene rings is 6. The van der Waals surface area contributed by atoms with E-state index in [0.29, 0.717) is 0 Å². The van der Waals surface area contributed by atoms with Crippen LogP contribution in [-0.4, -0.2) is 61.3 Å². The Balaban J connectivity index is 1.66. The van der Waals surface area contributed by atoms with Crippen LogP contribution in [0, 0.1) is 0 Å². The van der Waals surface area contributed by atoms with Crippen molar-refractivity contribution in [2.45, 2.75) is 0 Å². The fourth-order valence-electron chi connectivity index (χ4n) is 5.42. The van der Waals surface area contributed by atoms with Crippen molar-refractivity contribution in [3.05, 3.63) is 109 Å². The van der Waals surface area contributed by atoms with Crippen molar-refractivity contribution in [1.82, 2.24) is 9.72 Å². The van der Waals surface area contributed by atoms with Crippen LogP contribution in [0.3, 0.4) is 0 Å². The number of rotatable bonds is 12. The summed E-state index contributed by atoms with van der Waals surface area (Å²) in [7, 11) is -13.9. The molecule has 1 aliphatic heterocycles. The van der Waals surface area contributed by atoms with Crippen LogP contribution in [-0.2, 0) is 0 Å². The summed E-state index contributed by atoms with van der Waals surface area (Å²) < 4.78 is 43.1. The van der Waals surface area contributed by atoms with Crippen LogP contribution in [0.15, 0.2) is 114 Å². The molecule has 0 spiro atoms. The predicted octanol–water partition coefficient (Wildman–Crippen LogP) is 7.42. The van der Waals surface area contributed by atoms with Crippen LogP contribution in [0.1, 0.15) is 0 Å². The molecular formula is C36H32N3O18P3. The van der Waals surface area contributed by atoms with Gasteiger partial charge >= 0.3 is 339 Å². The summed E-state index contributed by atoms with van der Waals surface area (Å²) in [6, 6.07) is 19.7. The molecule has 0 aliphatic carbocycles. The van der Waals surface area contributed by atoms with Gasteiger partial charge < -0.3 is 0 Å². The summed E-state index contributed by atoms with van der Waals surface area (Å²) in [6.07, 6.45) is 0. The van der Waals surface area contributed by atoms with Crippen molar-refractivity contribution < 1.29 is 88.4 Å². The van der Waals surface area contributed by atoms with Gasteiger partial charge in [0.05, 0.1) is 0 Å². The molecule has 1 aliphatic rings. The quantitative estimate of drug-likeness (QED) is 0.0419. The Labute approximate surface area is 338 Å². The molecule has 6 aromatic rings.